The highest BCUT2D eigenvalue weighted by atomic mass is 35.5. The van der Waals surface area contributed by atoms with Gasteiger partial charge in [-0.1, -0.05) is 53.5 Å². The van der Waals surface area contributed by atoms with Gasteiger partial charge in [0, 0.05) is 10.6 Å². The lowest BCUT2D eigenvalue weighted by molar-refractivity contribution is 0.103. The molecule has 138 valence electrons. The van der Waals surface area contributed by atoms with E-state index in [0.717, 1.165) is 0 Å². The highest BCUT2D eigenvalue weighted by molar-refractivity contribution is 7.90. The van der Waals surface area contributed by atoms with Crippen LogP contribution in [0.2, 0.25) is 10.0 Å². The molecule has 1 N–H and O–H groups in total. The van der Waals surface area contributed by atoms with Gasteiger partial charge in [0.2, 0.25) is 0 Å². The summed E-state index contributed by atoms with van der Waals surface area (Å²) >= 11 is 11.7. The van der Waals surface area contributed by atoms with Crippen LogP contribution in [0.4, 0.5) is 0 Å². The van der Waals surface area contributed by atoms with E-state index < -0.39 is 15.6 Å². The average molecular weight is 421 g/mol. The fraction of sp³-hybridized carbons (Fsp3) is 0.0500. The molecule has 7 heteroatoms. The van der Waals surface area contributed by atoms with Crippen LogP contribution in [0.1, 0.15) is 21.5 Å². The van der Waals surface area contributed by atoms with Crippen molar-refractivity contribution in [3.05, 3.63) is 93.5 Å². The summed E-state index contributed by atoms with van der Waals surface area (Å²) in [7, 11) is -3.54. The Balaban J connectivity index is 1.88. The molecule has 0 heterocycles. The molecule has 0 aliphatic heterocycles. The Morgan fingerprint density at radius 2 is 1.56 bits per heavy atom. The van der Waals surface area contributed by atoms with Gasteiger partial charge in [-0.3, -0.25) is 4.79 Å². The first kappa shape index (κ1) is 19.4. The lowest BCUT2D eigenvalue weighted by Gasteiger charge is -2.08. The maximum absolute atomic E-state index is 12.6. The smallest absolute Gasteiger partial charge is 0.196 e. The van der Waals surface area contributed by atoms with Crippen LogP contribution in [-0.2, 0) is 15.6 Å². The molecule has 3 aromatic carbocycles. The van der Waals surface area contributed by atoms with Gasteiger partial charge in [0.15, 0.2) is 15.6 Å². The van der Waals surface area contributed by atoms with Crippen LogP contribution in [0.5, 0.6) is 5.75 Å². The third-order valence-corrected chi connectivity index (χ3v) is 6.16. The van der Waals surface area contributed by atoms with E-state index in [1.54, 1.807) is 24.3 Å². The van der Waals surface area contributed by atoms with Crippen molar-refractivity contribution >= 4 is 38.8 Å². The molecule has 0 spiro atoms. The summed E-state index contributed by atoms with van der Waals surface area (Å²) in [5.74, 6) is -1.01. The average Bonchev–Trinajstić information content (AvgIpc) is 2.64. The third kappa shape index (κ3) is 4.33. The molecule has 0 aliphatic carbocycles. The molecule has 0 amide bonds. The number of phenolic OH excluding ortho intramolecular Hbond substituents is 1. The number of hydrogen-bond acceptors (Lipinski definition) is 4. The van der Waals surface area contributed by atoms with Gasteiger partial charge in [0.1, 0.15) is 5.75 Å². The van der Waals surface area contributed by atoms with Crippen molar-refractivity contribution in [2.45, 2.75) is 10.6 Å². The van der Waals surface area contributed by atoms with Gasteiger partial charge in [-0.25, -0.2) is 8.42 Å². The lowest BCUT2D eigenvalue weighted by atomic mass is 10.0. The molecule has 0 unspecified atom stereocenters. The molecule has 27 heavy (non-hydrogen) atoms. The predicted octanol–water partition coefficient (Wildman–Crippen LogP) is 4.90. The molecule has 0 fully saturated rings. The second kappa shape index (κ2) is 7.72. The van der Waals surface area contributed by atoms with Gasteiger partial charge < -0.3 is 5.11 Å². The summed E-state index contributed by atoms with van der Waals surface area (Å²) in [4.78, 5) is 12.7. The fourth-order valence-corrected chi connectivity index (χ4v) is 4.43. The first-order valence-electron chi connectivity index (χ1n) is 7.87. The Hall–Kier alpha value is -2.34. The summed E-state index contributed by atoms with van der Waals surface area (Å²) in [6.07, 6.45) is 0. The summed E-state index contributed by atoms with van der Waals surface area (Å²) < 4.78 is 25.1. The minimum Gasteiger partial charge on any atom is -0.506 e. The van der Waals surface area contributed by atoms with E-state index in [-0.39, 0.29) is 37.6 Å². The maximum Gasteiger partial charge on any atom is 0.196 e. The number of phenols is 1. The monoisotopic (exact) mass is 420 g/mol. The van der Waals surface area contributed by atoms with Crippen molar-refractivity contribution in [3.8, 4) is 5.75 Å². The van der Waals surface area contributed by atoms with Crippen molar-refractivity contribution < 1.29 is 18.3 Å². The van der Waals surface area contributed by atoms with E-state index in [1.165, 1.54) is 36.4 Å². The molecular formula is C20H14Cl2O4S. The summed E-state index contributed by atoms with van der Waals surface area (Å²) in [5, 5.41) is 10.2. The highest BCUT2D eigenvalue weighted by Gasteiger charge is 2.19. The molecule has 4 nitrogen and oxygen atoms in total. The molecule has 0 saturated carbocycles. The number of carbonyl (C=O) groups excluding carboxylic acids is 1. The van der Waals surface area contributed by atoms with Gasteiger partial charge in [-0.2, -0.15) is 0 Å². The quantitative estimate of drug-likeness (QED) is 0.595. The van der Waals surface area contributed by atoms with E-state index in [1.807, 2.05) is 6.07 Å². The highest BCUT2D eigenvalue weighted by Crippen LogP contribution is 2.32. The van der Waals surface area contributed by atoms with Crippen LogP contribution in [0.3, 0.4) is 0 Å². The van der Waals surface area contributed by atoms with E-state index in [9.17, 15) is 18.3 Å². The maximum atomic E-state index is 12.6. The Kier molecular flexibility index (Phi) is 5.56. The van der Waals surface area contributed by atoms with Crippen molar-refractivity contribution in [2.75, 3.05) is 0 Å². The van der Waals surface area contributed by atoms with Crippen LogP contribution >= 0.6 is 23.2 Å². The summed E-state index contributed by atoms with van der Waals surface area (Å²) in [6.45, 7) is 0. The molecule has 3 aromatic rings. The molecule has 0 aromatic heterocycles. The molecule has 0 bridgehead atoms. The molecule has 0 atom stereocenters. The zero-order valence-corrected chi connectivity index (χ0v) is 16.2. The second-order valence-corrected chi connectivity index (χ2v) is 8.72. The van der Waals surface area contributed by atoms with Gasteiger partial charge >= 0.3 is 0 Å². The minimum atomic E-state index is -3.54. The Bertz CT molecular complexity index is 1090. The van der Waals surface area contributed by atoms with Crippen LogP contribution < -0.4 is 0 Å². The number of ketones is 1. The Morgan fingerprint density at radius 3 is 2.19 bits per heavy atom. The number of halogens is 2. The standard InChI is InChI=1S/C20H14Cl2O4S/c21-15-10-17(20(24)18(22)11-15)19(23)14-6-8-16(9-7-14)27(25,26)12-13-4-2-1-3-5-13/h1-11,24H,12H2. The second-order valence-electron chi connectivity index (χ2n) is 5.88. The van der Waals surface area contributed by atoms with E-state index in [0.29, 0.717) is 5.56 Å². The van der Waals surface area contributed by atoms with Crippen LogP contribution in [0.15, 0.2) is 71.6 Å². The van der Waals surface area contributed by atoms with E-state index in [4.69, 9.17) is 23.2 Å². The minimum absolute atomic E-state index is 0.0343. The largest absolute Gasteiger partial charge is 0.506 e. The zero-order valence-electron chi connectivity index (χ0n) is 13.9. The molecule has 0 aliphatic rings. The zero-order chi connectivity index (χ0) is 19.6. The number of hydrogen-bond donors (Lipinski definition) is 1. The first-order chi connectivity index (χ1) is 12.8. The van der Waals surface area contributed by atoms with Crippen LogP contribution in [0.25, 0.3) is 0 Å². The van der Waals surface area contributed by atoms with Gasteiger partial charge in [0.05, 0.1) is 21.2 Å². The number of carbonyl (C=O) groups is 1. The molecular weight excluding hydrogens is 407 g/mol. The van der Waals surface area contributed by atoms with Crippen molar-refractivity contribution in [1.82, 2.24) is 0 Å². The molecule has 3 rings (SSSR count). The third-order valence-electron chi connectivity index (χ3n) is 3.95. The fourth-order valence-electron chi connectivity index (χ4n) is 2.59. The first-order valence-corrected chi connectivity index (χ1v) is 10.3. The predicted molar refractivity (Wildman–Crippen MR) is 105 cm³/mol. The van der Waals surface area contributed by atoms with E-state index in [2.05, 4.69) is 0 Å². The number of aromatic hydroxyl groups is 1. The van der Waals surface area contributed by atoms with Crippen molar-refractivity contribution in [1.29, 1.82) is 0 Å². The van der Waals surface area contributed by atoms with Gasteiger partial charge in [-0.05, 0) is 42.0 Å². The van der Waals surface area contributed by atoms with Crippen molar-refractivity contribution in [2.24, 2.45) is 0 Å². The number of sulfone groups is 1. The Labute approximate surface area is 166 Å². The van der Waals surface area contributed by atoms with Gasteiger partial charge in [0.25, 0.3) is 0 Å². The topological polar surface area (TPSA) is 71.4 Å². The summed E-state index contributed by atoms with van der Waals surface area (Å²) in [5.41, 5.74) is 0.839. The number of benzene rings is 3. The van der Waals surface area contributed by atoms with Crippen molar-refractivity contribution in [3.63, 3.8) is 0 Å². The van der Waals surface area contributed by atoms with Crippen LogP contribution in [0, 0.1) is 0 Å². The number of rotatable bonds is 5. The molecule has 0 saturated heterocycles. The molecule has 0 radical (unpaired) electrons. The summed E-state index contributed by atoms with van der Waals surface area (Å²) in [6, 6.07) is 17.0. The van der Waals surface area contributed by atoms with E-state index >= 15 is 0 Å². The van der Waals surface area contributed by atoms with Gasteiger partial charge in [-0.15, -0.1) is 0 Å². The Morgan fingerprint density at radius 1 is 0.926 bits per heavy atom. The SMILES string of the molecule is O=C(c1ccc(S(=O)(=O)Cc2ccccc2)cc1)c1cc(Cl)cc(Cl)c1O. The van der Waals surface area contributed by atoms with Crippen LogP contribution in [-0.4, -0.2) is 19.3 Å². The normalized spacial score (nSPS) is 11.3. The lowest BCUT2D eigenvalue weighted by Crippen LogP contribution is -2.06.